The van der Waals surface area contributed by atoms with E-state index in [4.69, 9.17) is 4.74 Å². The van der Waals surface area contributed by atoms with Crippen LogP contribution in [0.4, 0.5) is 0 Å². The Balaban J connectivity index is 1.92. The first-order valence-corrected chi connectivity index (χ1v) is 6.71. The topological polar surface area (TPSA) is 49.9 Å². The minimum Gasteiger partial charge on any atom is -0.468 e. The number of carbonyl (C=O) groups excluding carboxylic acids is 2. The highest BCUT2D eigenvalue weighted by Crippen LogP contribution is 2.26. The van der Waals surface area contributed by atoms with Gasteiger partial charge in [0.05, 0.1) is 13.7 Å². The van der Waals surface area contributed by atoms with E-state index in [2.05, 4.69) is 0 Å². The molecule has 0 aromatic rings. The van der Waals surface area contributed by atoms with E-state index in [0.29, 0.717) is 12.6 Å². The van der Waals surface area contributed by atoms with Crippen LogP contribution in [0.3, 0.4) is 0 Å². The smallest absolute Gasteiger partial charge is 0.323 e. The van der Waals surface area contributed by atoms with Crippen molar-refractivity contribution in [1.29, 1.82) is 0 Å². The lowest BCUT2D eigenvalue weighted by molar-refractivity contribution is -0.149. The number of carbonyl (C=O) groups is 2. The van der Waals surface area contributed by atoms with E-state index in [1.807, 2.05) is 16.8 Å². The standard InChI is InChI=1S/C13H22N2O3/c1-14(10-6-7-10)12(16)9-15-8-4-3-5-11(15)13(17)18-2/h10-11H,3-9H2,1-2H3/t11-/m1/s1. The van der Waals surface area contributed by atoms with Crippen LogP contribution in [0, 0.1) is 0 Å². The molecule has 0 bridgehead atoms. The summed E-state index contributed by atoms with van der Waals surface area (Å²) in [7, 11) is 3.27. The number of hydrogen-bond acceptors (Lipinski definition) is 4. The van der Waals surface area contributed by atoms with Crippen molar-refractivity contribution in [3.63, 3.8) is 0 Å². The van der Waals surface area contributed by atoms with Crippen molar-refractivity contribution in [2.75, 3.05) is 27.2 Å². The number of rotatable bonds is 4. The van der Waals surface area contributed by atoms with Gasteiger partial charge in [0.15, 0.2) is 0 Å². The Labute approximate surface area is 108 Å². The van der Waals surface area contributed by atoms with Crippen LogP contribution in [0.2, 0.25) is 0 Å². The van der Waals surface area contributed by atoms with Crippen molar-refractivity contribution < 1.29 is 14.3 Å². The van der Waals surface area contributed by atoms with Gasteiger partial charge in [-0.1, -0.05) is 6.42 Å². The number of piperidine rings is 1. The summed E-state index contributed by atoms with van der Waals surface area (Å²) in [6, 6.07) is 0.194. The fraction of sp³-hybridized carbons (Fsp3) is 0.846. The highest BCUT2D eigenvalue weighted by molar-refractivity contribution is 5.81. The first-order chi connectivity index (χ1) is 8.63. The molecule has 0 N–H and O–H groups in total. The first-order valence-electron chi connectivity index (χ1n) is 6.71. The van der Waals surface area contributed by atoms with E-state index in [1.54, 1.807) is 0 Å². The molecule has 2 fully saturated rings. The second-order valence-corrected chi connectivity index (χ2v) is 5.24. The number of methoxy groups -OCH3 is 1. The zero-order valence-electron chi connectivity index (χ0n) is 11.2. The van der Waals surface area contributed by atoms with E-state index in [0.717, 1.165) is 38.6 Å². The van der Waals surface area contributed by atoms with Gasteiger partial charge in [-0.15, -0.1) is 0 Å². The number of esters is 1. The minimum atomic E-state index is -0.236. The lowest BCUT2D eigenvalue weighted by Gasteiger charge is -2.34. The van der Waals surface area contributed by atoms with Crippen molar-refractivity contribution in [3.05, 3.63) is 0 Å². The second kappa shape index (κ2) is 5.69. The molecule has 0 radical (unpaired) electrons. The number of amides is 1. The highest BCUT2D eigenvalue weighted by atomic mass is 16.5. The summed E-state index contributed by atoms with van der Waals surface area (Å²) in [5, 5.41) is 0. The van der Waals surface area contributed by atoms with Gasteiger partial charge >= 0.3 is 5.97 Å². The predicted molar refractivity (Wildman–Crippen MR) is 67.0 cm³/mol. The molecule has 0 unspecified atom stereocenters. The summed E-state index contributed by atoms with van der Waals surface area (Å²) >= 11 is 0. The molecule has 1 heterocycles. The van der Waals surface area contributed by atoms with Gasteiger partial charge in [0.2, 0.25) is 5.91 Å². The van der Waals surface area contributed by atoms with Crippen LogP contribution in [0.15, 0.2) is 0 Å². The molecule has 18 heavy (non-hydrogen) atoms. The SMILES string of the molecule is COC(=O)[C@H]1CCCCN1CC(=O)N(C)C1CC1. The minimum absolute atomic E-state index is 0.119. The number of likely N-dealkylation sites (tertiary alicyclic amines) is 1. The van der Waals surface area contributed by atoms with Crippen molar-refractivity contribution in [1.82, 2.24) is 9.80 Å². The summed E-state index contributed by atoms with van der Waals surface area (Å²) in [4.78, 5) is 27.6. The fourth-order valence-corrected chi connectivity index (χ4v) is 2.53. The third-order valence-electron chi connectivity index (χ3n) is 3.91. The summed E-state index contributed by atoms with van der Waals surface area (Å²) in [5.74, 6) is -0.0927. The number of hydrogen-bond donors (Lipinski definition) is 0. The average Bonchev–Trinajstić information content (AvgIpc) is 3.22. The van der Waals surface area contributed by atoms with Crippen molar-refractivity contribution in [3.8, 4) is 0 Å². The molecule has 1 aliphatic carbocycles. The summed E-state index contributed by atoms with van der Waals surface area (Å²) in [6.45, 7) is 1.15. The molecule has 1 saturated carbocycles. The van der Waals surface area contributed by atoms with Crippen LogP contribution in [-0.4, -0.2) is 61.0 Å². The van der Waals surface area contributed by atoms with Gasteiger partial charge in [0.25, 0.3) is 0 Å². The van der Waals surface area contributed by atoms with Gasteiger partial charge in [-0.3, -0.25) is 14.5 Å². The van der Waals surface area contributed by atoms with Crippen LogP contribution < -0.4 is 0 Å². The third-order valence-corrected chi connectivity index (χ3v) is 3.91. The molecule has 5 heteroatoms. The largest absolute Gasteiger partial charge is 0.468 e. The molecule has 0 spiro atoms. The number of ether oxygens (including phenoxy) is 1. The lowest BCUT2D eigenvalue weighted by Crippen LogP contribution is -2.49. The van der Waals surface area contributed by atoms with Crippen LogP contribution in [0.25, 0.3) is 0 Å². The van der Waals surface area contributed by atoms with Crippen molar-refractivity contribution in [2.24, 2.45) is 0 Å². The van der Waals surface area contributed by atoms with Gasteiger partial charge in [-0.25, -0.2) is 0 Å². The van der Waals surface area contributed by atoms with Gasteiger partial charge in [-0.2, -0.15) is 0 Å². The van der Waals surface area contributed by atoms with Crippen LogP contribution >= 0.6 is 0 Å². The van der Waals surface area contributed by atoms with E-state index < -0.39 is 0 Å². The number of likely N-dealkylation sites (N-methyl/N-ethyl adjacent to an activating group) is 1. The molecule has 0 aromatic carbocycles. The predicted octanol–water partition coefficient (Wildman–Crippen LogP) is 0.635. The third kappa shape index (κ3) is 3.02. The molecular formula is C13H22N2O3. The molecule has 1 aliphatic heterocycles. The summed E-state index contributed by atoms with van der Waals surface area (Å²) < 4.78 is 4.82. The molecule has 2 aliphatic rings. The molecule has 1 saturated heterocycles. The Morgan fingerprint density at radius 1 is 1.28 bits per heavy atom. The maximum Gasteiger partial charge on any atom is 0.323 e. The molecule has 2 rings (SSSR count). The molecular weight excluding hydrogens is 232 g/mol. The van der Waals surface area contributed by atoms with Gasteiger partial charge < -0.3 is 9.64 Å². The van der Waals surface area contributed by atoms with Gasteiger partial charge in [0.1, 0.15) is 6.04 Å². The quantitative estimate of drug-likeness (QED) is 0.691. The monoisotopic (exact) mass is 254 g/mol. The Kier molecular flexibility index (Phi) is 4.22. The normalized spacial score (nSPS) is 24.7. The number of nitrogens with zero attached hydrogens (tertiary/aromatic N) is 2. The maximum atomic E-state index is 12.1. The Morgan fingerprint density at radius 3 is 2.61 bits per heavy atom. The average molecular weight is 254 g/mol. The first kappa shape index (κ1) is 13.3. The zero-order chi connectivity index (χ0) is 13.1. The summed E-state index contributed by atoms with van der Waals surface area (Å²) in [5.41, 5.74) is 0. The van der Waals surface area contributed by atoms with Crippen LogP contribution in [0.5, 0.6) is 0 Å². The highest BCUT2D eigenvalue weighted by Gasteiger charge is 2.34. The maximum absolute atomic E-state index is 12.1. The molecule has 102 valence electrons. The van der Waals surface area contributed by atoms with E-state index in [9.17, 15) is 9.59 Å². The molecule has 0 aromatic heterocycles. The Hall–Kier alpha value is -1.10. The lowest BCUT2D eigenvalue weighted by atomic mass is 10.0. The van der Waals surface area contributed by atoms with Crippen molar-refractivity contribution >= 4 is 11.9 Å². The molecule has 5 nitrogen and oxygen atoms in total. The zero-order valence-corrected chi connectivity index (χ0v) is 11.2. The molecule has 1 amide bonds. The van der Waals surface area contributed by atoms with E-state index >= 15 is 0 Å². The Morgan fingerprint density at radius 2 is 2.00 bits per heavy atom. The van der Waals surface area contributed by atoms with Crippen LogP contribution in [-0.2, 0) is 14.3 Å². The molecule has 1 atom stereocenters. The van der Waals surface area contributed by atoms with Gasteiger partial charge in [-0.05, 0) is 32.2 Å². The Bertz CT molecular complexity index is 328. The van der Waals surface area contributed by atoms with Crippen molar-refractivity contribution in [2.45, 2.75) is 44.2 Å². The van der Waals surface area contributed by atoms with Gasteiger partial charge in [0, 0.05) is 13.1 Å². The van der Waals surface area contributed by atoms with E-state index in [-0.39, 0.29) is 17.9 Å². The van der Waals surface area contributed by atoms with E-state index in [1.165, 1.54) is 7.11 Å². The summed E-state index contributed by atoms with van der Waals surface area (Å²) in [6.07, 6.45) is 5.11. The fourth-order valence-electron chi connectivity index (χ4n) is 2.53. The second-order valence-electron chi connectivity index (χ2n) is 5.24. The van der Waals surface area contributed by atoms with Crippen LogP contribution in [0.1, 0.15) is 32.1 Å².